The van der Waals surface area contributed by atoms with Gasteiger partial charge in [-0.05, 0) is 30.6 Å². The van der Waals surface area contributed by atoms with Crippen LogP contribution in [0.3, 0.4) is 0 Å². The zero-order chi connectivity index (χ0) is 16.8. The van der Waals surface area contributed by atoms with E-state index < -0.39 is 7.38 Å². The maximum atomic E-state index is 6.78. The summed E-state index contributed by atoms with van der Waals surface area (Å²) in [6.45, 7) is 5.38. The molecule has 1 rings (SSSR count). The van der Waals surface area contributed by atoms with Crippen LogP contribution in [0, 0.1) is 0 Å². The summed E-state index contributed by atoms with van der Waals surface area (Å²) in [4.78, 5) is 0. The molecule has 1 nitrogen and oxygen atoms in total. The second-order valence-corrected chi connectivity index (χ2v) is 13.5. The molecule has 23 heavy (non-hydrogen) atoms. The predicted molar refractivity (Wildman–Crippen MR) is 106 cm³/mol. The van der Waals surface area contributed by atoms with Crippen molar-refractivity contribution in [3.05, 3.63) is 30.3 Å². The Bertz CT molecular complexity index is 380. The Morgan fingerprint density at radius 2 is 1.39 bits per heavy atom. The van der Waals surface area contributed by atoms with Crippen LogP contribution in [0.5, 0.6) is 5.75 Å². The quantitative estimate of drug-likeness (QED) is 0.192. The first-order valence-corrected chi connectivity index (χ1v) is 13.4. The third-order valence-corrected chi connectivity index (χ3v) is 8.33. The highest BCUT2D eigenvalue weighted by molar-refractivity contribution is 7.19. The normalized spacial score (nSPS) is 13.7. The molecule has 1 atom stereocenters. The molecule has 3 heteroatoms. The minimum Gasteiger partial charge on any atom is -0.494 e. The highest BCUT2D eigenvalue weighted by Gasteiger charge is 2.23. The molecule has 0 bridgehead atoms. The van der Waals surface area contributed by atoms with Gasteiger partial charge in [0.15, 0.2) is 7.38 Å². The molecule has 0 fully saturated rings. The maximum Gasteiger partial charge on any atom is 0.153 e. The molecule has 0 saturated carbocycles. The lowest BCUT2D eigenvalue weighted by Crippen LogP contribution is -2.22. The lowest BCUT2D eigenvalue weighted by Gasteiger charge is -2.19. The van der Waals surface area contributed by atoms with Gasteiger partial charge in [0.05, 0.1) is 6.61 Å². The second kappa shape index (κ2) is 12.9. The summed E-state index contributed by atoms with van der Waals surface area (Å²) in [5.74, 6) is 0.966. The lowest BCUT2D eigenvalue weighted by molar-refractivity contribution is 0.317. The lowest BCUT2D eigenvalue weighted by atomic mass is 10.1. The number of unbranched alkanes of at least 4 members (excludes halogenated alkanes) is 7. The number of para-hydroxylation sites is 1. The monoisotopic (exact) mass is 354 g/mol. The molecule has 0 aromatic heterocycles. The number of rotatable bonds is 14. The first-order chi connectivity index (χ1) is 11.1. The van der Waals surface area contributed by atoms with Crippen LogP contribution in [-0.2, 0) is 0 Å². The van der Waals surface area contributed by atoms with Crippen molar-refractivity contribution in [1.82, 2.24) is 0 Å². The van der Waals surface area contributed by atoms with Crippen molar-refractivity contribution in [3.63, 3.8) is 0 Å². The van der Waals surface area contributed by atoms with Gasteiger partial charge in [-0.1, -0.05) is 83.0 Å². The zero-order valence-corrected chi connectivity index (χ0v) is 16.9. The summed E-state index contributed by atoms with van der Waals surface area (Å²) < 4.78 is 5.75. The van der Waals surface area contributed by atoms with Crippen LogP contribution in [0.1, 0.15) is 64.7 Å². The molecular weight excluding hydrogens is 320 g/mol. The van der Waals surface area contributed by atoms with Gasteiger partial charge in [-0.2, -0.15) is 11.1 Å². The van der Waals surface area contributed by atoms with E-state index >= 15 is 0 Å². The van der Waals surface area contributed by atoms with E-state index in [1.165, 1.54) is 57.4 Å². The van der Waals surface area contributed by atoms with Crippen LogP contribution in [0.4, 0.5) is 0 Å². The first kappa shape index (κ1) is 20.6. The van der Waals surface area contributed by atoms with Crippen molar-refractivity contribution in [3.8, 4) is 5.75 Å². The molecule has 1 aromatic carbocycles. The Hall–Kier alpha value is -0.473. The molecule has 0 radical (unpaired) electrons. The predicted octanol–water partition coefficient (Wildman–Crippen LogP) is 7.41. The molecule has 1 aromatic rings. The highest BCUT2D eigenvalue weighted by atomic mass is 35.6. The topological polar surface area (TPSA) is 9.23 Å². The number of hydrogen-bond acceptors (Lipinski definition) is 1. The highest BCUT2D eigenvalue weighted by Crippen LogP contribution is 2.26. The molecule has 1 unspecified atom stereocenters. The minimum absolute atomic E-state index is 0.788. The van der Waals surface area contributed by atoms with Gasteiger partial charge in [-0.3, -0.25) is 0 Å². The van der Waals surface area contributed by atoms with Crippen molar-refractivity contribution < 1.29 is 4.74 Å². The molecule has 0 aliphatic heterocycles. The van der Waals surface area contributed by atoms with E-state index in [2.05, 4.69) is 13.5 Å². The summed E-state index contributed by atoms with van der Waals surface area (Å²) in [5, 5.41) is 0. The summed E-state index contributed by atoms with van der Waals surface area (Å²) in [7, 11) is -1.53. The molecule has 0 heterocycles. The Kier molecular flexibility index (Phi) is 11.5. The summed E-state index contributed by atoms with van der Waals surface area (Å²) in [5.41, 5.74) is 0. The molecule has 0 N–H and O–H groups in total. The van der Waals surface area contributed by atoms with Crippen LogP contribution < -0.4 is 4.74 Å². The van der Waals surface area contributed by atoms with Crippen molar-refractivity contribution in [2.75, 3.05) is 6.61 Å². The van der Waals surface area contributed by atoms with Gasteiger partial charge in [0.2, 0.25) is 0 Å². The summed E-state index contributed by atoms with van der Waals surface area (Å²) in [6.07, 6.45) is 12.1. The van der Waals surface area contributed by atoms with Crippen LogP contribution in [0.25, 0.3) is 0 Å². The summed E-state index contributed by atoms with van der Waals surface area (Å²) in [6, 6.07) is 12.5. The number of hydrogen-bond donors (Lipinski definition) is 0. The molecule has 132 valence electrons. The SMILES string of the molecule is CCCCCCCCCC[Si](C)(Cl)CCCOc1ccccc1. The van der Waals surface area contributed by atoms with E-state index in [1.54, 1.807) is 0 Å². The van der Waals surface area contributed by atoms with Gasteiger partial charge in [-0.25, -0.2) is 0 Å². The largest absolute Gasteiger partial charge is 0.494 e. The first-order valence-electron chi connectivity index (χ1n) is 9.51. The van der Waals surface area contributed by atoms with Gasteiger partial charge < -0.3 is 4.74 Å². The van der Waals surface area contributed by atoms with E-state index in [0.717, 1.165) is 24.8 Å². The van der Waals surface area contributed by atoms with Gasteiger partial charge in [-0.15, -0.1) is 0 Å². The molecule has 0 amide bonds. The average Bonchev–Trinajstić information content (AvgIpc) is 2.55. The van der Waals surface area contributed by atoms with Crippen molar-refractivity contribution in [2.24, 2.45) is 0 Å². The molecule has 0 saturated heterocycles. The van der Waals surface area contributed by atoms with Gasteiger partial charge in [0.1, 0.15) is 5.75 Å². The smallest absolute Gasteiger partial charge is 0.153 e. The van der Waals surface area contributed by atoms with Crippen molar-refractivity contribution in [2.45, 2.75) is 83.3 Å². The van der Waals surface area contributed by atoms with Gasteiger partial charge >= 0.3 is 0 Å². The average molecular weight is 355 g/mol. The Balaban J connectivity index is 1.98. The third kappa shape index (κ3) is 11.7. The molecule has 0 aliphatic rings. The van der Waals surface area contributed by atoms with E-state index in [-0.39, 0.29) is 0 Å². The molecule has 0 spiro atoms. The molecular formula is C20H35ClOSi. The fourth-order valence-electron chi connectivity index (χ4n) is 2.90. The van der Waals surface area contributed by atoms with E-state index in [0.29, 0.717) is 0 Å². The Morgan fingerprint density at radius 1 is 0.826 bits per heavy atom. The van der Waals surface area contributed by atoms with Crippen LogP contribution in [0.15, 0.2) is 30.3 Å². The van der Waals surface area contributed by atoms with E-state index in [9.17, 15) is 0 Å². The van der Waals surface area contributed by atoms with Crippen molar-refractivity contribution >= 4 is 18.5 Å². The number of ether oxygens (including phenoxy) is 1. The standard InChI is InChI=1S/C20H35ClOSi/c1-3-4-5-6-7-8-9-13-18-23(2,21)19-14-17-22-20-15-11-10-12-16-20/h10-12,15-16H,3-9,13-14,17-19H2,1-2H3. The number of halogens is 1. The van der Waals surface area contributed by atoms with E-state index in [1.807, 2.05) is 30.3 Å². The van der Waals surface area contributed by atoms with Gasteiger partial charge in [0, 0.05) is 0 Å². The maximum absolute atomic E-state index is 6.78. The van der Waals surface area contributed by atoms with Crippen LogP contribution >= 0.6 is 11.1 Å². The fraction of sp³-hybridized carbons (Fsp3) is 0.700. The zero-order valence-electron chi connectivity index (χ0n) is 15.2. The second-order valence-electron chi connectivity index (χ2n) is 6.90. The van der Waals surface area contributed by atoms with Crippen LogP contribution in [-0.4, -0.2) is 14.0 Å². The third-order valence-electron chi connectivity index (χ3n) is 4.41. The Labute approximate surface area is 149 Å². The summed E-state index contributed by atoms with van der Waals surface area (Å²) >= 11 is 6.78. The minimum atomic E-state index is -1.53. The fourth-order valence-corrected chi connectivity index (χ4v) is 5.82. The number of benzene rings is 1. The van der Waals surface area contributed by atoms with Crippen LogP contribution in [0.2, 0.25) is 18.6 Å². The molecule has 0 aliphatic carbocycles. The Morgan fingerprint density at radius 3 is 2.04 bits per heavy atom. The van der Waals surface area contributed by atoms with Crippen molar-refractivity contribution in [1.29, 1.82) is 0 Å². The van der Waals surface area contributed by atoms with Gasteiger partial charge in [0.25, 0.3) is 0 Å². The van der Waals surface area contributed by atoms with E-state index in [4.69, 9.17) is 15.8 Å².